The van der Waals surface area contributed by atoms with Gasteiger partial charge in [-0.3, -0.25) is 4.79 Å². The van der Waals surface area contributed by atoms with Crippen LogP contribution in [0, 0.1) is 0 Å². The quantitative estimate of drug-likeness (QED) is 0.805. The van der Waals surface area contributed by atoms with Crippen LogP contribution in [0.25, 0.3) is 0 Å². The highest BCUT2D eigenvalue weighted by Gasteiger charge is 2.22. The summed E-state index contributed by atoms with van der Waals surface area (Å²) in [6.45, 7) is 1.26. The van der Waals surface area contributed by atoms with Gasteiger partial charge in [0.1, 0.15) is 5.82 Å². The largest absolute Gasteiger partial charge is 0.384 e. The fourth-order valence-corrected chi connectivity index (χ4v) is 1.34. The summed E-state index contributed by atoms with van der Waals surface area (Å²) in [6, 6.07) is 3.30. The van der Waals surface area contributed by atoms with E-state index in [0.717, 1.165) is 0 Å². The molecule has 1 fully saturated rings. The second kappa shape index (κ2) is 6.39. The summed E-state index contributed by atoms with van der Waals surface area (Å²) in [7, 11) is 0. The third-order valence-electron chi connectivity index (χ3n) is 2.16. The Morgan fingerprint density at radius 2 is 2.29 bits per heavy atom. The zero-order chi connectivity index (χ0) is 11.4. The van der Waals surface area contributed by atoms with Crippen LogP contribution in [0.2, 0.25) is 0 Å². The van der Waals surface area contributed by atoms with E-state index >= 15 is 0 Å². The standard InChI is InChI=1S/C10H13N3O3.ClH/c11-9-2-1-7(5-12-9)13-10(14)8-6-15-3-4-16-8;/h1-2,5,8H,3-4,6H2,(H2,11,12)(H,13,14);1H. The van der Waals surface area contributed by atoms with Gasteiger partial charge in [0.05, 0.1) is 31.7 Å². The molecule has 2 heterocycles. The van der Waals surface area contributed by atoms with Gasteiger partial charge < -0.3 is 20.5 Å². The van der Waals surface area contributed by atoms with E-state index in [1.807, 2.05) is 0 Å². The molecule has 0 saturated carbocycles. The number of nitrogens with zero attached hydrogens (tertiary/aromatic N) is 1. The number of rotatable bonds is 2. The minimum absolute atomic E-state index is 0. The van der Waals surface area contributed by atoms with Crippen LogP contribution in [0.4, 0.5) is 11.5 Å². The monoisotopic (exact) mass is 259 g/mol. The Labute approximate surface area is 105 Å². The van der Waals surface area contributed by atoms with E-state index < -0.39 is 6.10 Å². The third kappa shape index (κ3) is 3.85. The van der Waals surface area contributed by atoms with Crippen molar-refractivity contribution >= 4 is 29.8 Å². The van der Waals surface area contributed by atoms with Gasteiger partial charge in [-0.05, 0) is 12.1 Å². The van der Waals surface area contributed by atoms with E-state index in [1.54, 1.807) is 12.1 Å². The predicted octanol–water partition coefficient (Wildman–Crippen LogP) is 0.439. The van der Waals surface area contributed by atoms with Crippen LogP contribution in [-0.2, 0) is 14.3 Å². The fraction of sp³-hybridized carbons (Fsp3) is 0.400. The van der Waals surface area contributed by atoms with E-state index in [4.69, 9.17) is 15.2 Å². The first-order valence-corrected chi connectivity index (χ1v) is 4.97. The third-order valence-corrected chi connectivity index (χ3v) is 2.16. The smallest absolute Gasteiger partial charge is 0.255 e. The minimum Gasteiger partial charge on any atom is -0.384 e. The summed E-state index contributed by atoms with van der Waals surface area (Å²) in [5, 5.41) is 2.68. The zero-order valence-corrected chi connectivity index (χ0v) is 9.90. The lowest BCUT2D eigenvalue weighted by molar-refractivity contribution is -0.142. The maximum absolute atomic E-state index is 11.7. The van der Waals surface area contributed by atoms with Crippen molar-refractivity contribution in [2.75, 3.05) is 30.9 Å². The molecule has 17 heavy (non-hydrogen) atoms. The predicted molar refractivity (Wildman–Crippen MR) is 65.1 cm³/mol. The van der Waals surface area contributed by atoms with Crippen LogP contribution in [0.5, 0.6) is 0 Å². The number of carbonyl (C=O) groups is 1. The molecule has 2 rings (SSSR count). The van der Waals surface area contributed by atoms with Crippen LogP contribution < -0.4 is 11.1 Å². The van der Waals surface area contributed by atoms with Gasteiger partial charge in [0.2, 0.25) is 0 Å². The number of amides is 1. The van der Waals surface area contributed by atoms with Crippen molar-refractivity contribution in [1.82, 2.24) is 4.98 Å². The molecule has 3 N–H and O–H groups in total. The van der Waals surface area contributed by atoms with Crippen molar-refractivity contribution in [1.29, 1.82) is 0 Å². The molecule has 1 aliphatic heterocycles. The maximum Gasteiger partial charge on any atom is 0.255 e. The summed E-state index contributed by atoms with van der Waals surface area (Å²) in [5.74, 6) is 0.182. The number of carbonyl (C=O) groups excluding carboxylic acids is 1. The SMILES string of the molecule is Cl.Nc1ccc(NC(=O)C2COCCO2)cn1. The molecule has 94 valence electrons. The molecule has 6 nitrogen and oxygen atoms in total. The second-order valence-corrected chi connectivity index (χ2v) is 3.40. The van der Waals surface area contributed by atoms with E-state index in [0.29, 0.717) is 24.7 Å². The summed E-state index contributed by atoms with van der Waals surface area (Å²) in [6.07, 6.45) is 0.947. The van der Waals surface area contributed by atoms with Gasteiger partial charge in [-0.15, -0.1) is 12.4 Å². The number of pyridine rings is 1. The van der Waals surface area contributed by atoms with Crippen molar-refractivity contribution in [3.05, 3.63) is 18.3 Å². The van der Waals surface area contributed by atoms with Gasteiger partial charge in [-0.2, -0.15) is 0 Å². The lowest BCUT2D eigenvalue weighted by Crippen LogP contribution is -2.39. The molecule has 7 heteroatoms. The molecule has 1 atom stereocenters. The molecule has 0 spiro atoms. The first-order valence-electron chi connectivity index (χ1n) is 4.97. The van der Waals surface area contributed by atoms with Gasteiger partial charge in [0.15, 0.2) is 6.10 Å². The molecule has 1 aromatic rings. The van der Waals surface area contributed by atoms with Crippen molar-refractivity contribution in [2.24, 2.45) is 0 Å². The first kappa shape index (κ1) is 13.7. The molecule has 0 radical (unpaired) electrons. The van der Waals surface area contributed by atoms with Crippen molar-refractivity contribution in [2.45, 2.75) is 6.10 Å². The summed E-state index contributed by atoms with van der Waals surface area (Å²) in [4.78, 5) is 15.5. The summed E-state index contributed by atoms with van der Waals surface area (Å²) in [5.41, 5.74) is 6.02. The molecule has 0 aromatic carbocycles. The van der Waals surface area contributed by atoms with E-state index in [-0.39, 0.29) is 24.9 Å². The number of hydrogen-bond acceptors (Lipinski definition) is 5. The van der Waals surface area contributed by atoms with Gasteiger partial charge >= 0.3 is 0 Å². The Hall–Kier alpha value is -1.37. The Bertz CT molecular complexity index is 366. The maximum atomic E-state index is 11.7. The van der Waals surface area contributed by atoms with Gasteiger partial charge in [0, 0.05) is 0 Å². The van der Waals surface area contributed by atoms with E-state index in [9.17, 15) is 4.79 Å². The lowest BCUT2D eigenvalue weighted by Gasteiger charge is -2.21. The molecule has 0 bridgehead atoms. The van der Waals surface area contributed by atoms with Crippen LogP contribution in [-0.4, -0.2) is 36.8 Å². The number of ether oxygens (including phenoxy) is 2. The number of nitrogens with two attached hydrogens (primary N) is 1. The van der Waals surface area contributed by atoms with Crippen molar-refractivity contribution in [3.63, 3.8) is 0 Å². The van der Waals surface area contributed by atoms with Gasteiger partial charge in [-0.1, -0.05) is 0 Å². The summed E-state index contributed by atoms with van der Waals surface area (Å²) < 4.78 is 10.4. The van der Waals surface area contributed by atoms with Crippen LogP contribution >= 0.6 is 12.4 Å². The molecular formula is C10H14ClN3O3. The molecule has 1 unspecified atom stereocenters. The number of nitrogen functional groups attached to an aromatic ring is 1. The van der Waals surface area contributed by atoms with Crippen molar-refractivity contribution in [3.8, 4) is 0 Å². The molecular weight excluding hydrogens is 246 g/mol. The number of aromatic nitrogens is 1. The number of nitrogens with one attached hydrogen (secondary N) is 1. The number of hydrogen-bond donors (Lipinski definition) is 2. The van der Waals surface area contributed by atoms with E-state index in [1.165, 1.54) is 6.20 Å². The highest BCUT2D eigenvalue weighted by Crippen LogP contribution is 2.09. The topological polar surface area (TPSA) is 86.5 Å². The van der Waals surface area contributed by atoms with Gasteiger partial charge in [0.25, 0.3) is 5.91 Å². The normalized spacial score (nSPS) is 19.2. The average Bonchev–Trinajstić information content (AvgIpc) is 2.33. The Kier molecular flexibility index (Phi) is 5.14. The van der Waals surface area contributed by atoms with Gasteiger partial charge in [-0.25, -0.2) is 4.98 Å². The highest BCUT2D eigenvalue weighted by molar-refractivity contribution is 5.94. The lowest BCUT2D eigenvalue weighted by atomic mass is 10.3. The molecule has 1 amide bonds. The summed E-state index contributed by atoms with van der Waals surface area (Å²) >= 11 is 0. The zero-order valence-electron chi connectivity index (χ0n) is 9.09. The Morgan fingerprint density at radius 1 is 1.47 bits per heavy atom. The highest BCUT2D eigenvalue weighted by atomic mass is 35.5. The molecule has 1 aliphatic rings. The number of anilines is 2. The van der Waals surface area contributed by atoms with Crippen LogP contribution in [0.15, 0.2) is 18.3 Å². The number of halogens is 1. The average molecular weight is 260 g/mol. The second-order valence-electron chi connectivity index (χ2n) is 3.40. The Balaban J connectivity index is 0.00000144. The molecule has 1 saturated heterocycles. The fourth-order valence-electron chi connectivity index (χ4n) is 1.34. The molecule has 0 aliphatic carbocycles. The van der Waals surface area contributed by atoms with Crippen molar-refractivity contribution < 1.29 is 14.3 Å². The molecule has 1 aromatic heterocycles. The minimum atomic E-state index is -0.550. The van der Waals surface area contributed by atoms with Crippen LogP contribution in [0.1, 0.15) is 0 Å². The van der Waals surface area contributed by atoms with E-state index in [2.05, 4.69) is 10.3 Å². The Morgan fingerprint density at radius 3 is 2.88 bits per heavy atom. The first-order chi connectivity index (χ1) is 7.75. The van der Waals surface area contributed by atoms with Crippen LogP contribution in [0.3, 0.4) is 0 Å².